The first-order chi connectivity index (χ1) is 10.8. The molecule has 0 aliphatic carbocycles. The maximum absolute atomic E-state index is 12.5. The number of anilines is 1. The molecule has 0 radical (unpaired) electrons. The molecule has 0 fully saturated rings. The van der Waals surface area contributed by atoms with E-state index in [9.17, 15) is 27.3 Å². The van der Waals surface area contributed by atoms with Gasteiger partial charge in [-0.3, -0.25) is 14.8 Å². The quantitative estimate of drug-likeness (QED) is 0.606. The lowest BCUT2D eigenvalue weighted by Crippen LogP contribution is -2.14. The van der Waals surface area contributed by atoms with Crippen LogP contribution in [0.1, 0.15) is 0 Å². The predicted octanol–water partition coefficient (Wildman–Crippen LogP) is 1.90. The van der Waals surface area contributed by atoms with E-state index in [2.05, 4.69) is 10.4 Å². The summed E-state index contributed by atoms with van der Waals surface area (Å²) in [6.45, 7) is 0.699. The van der Waals surface area contributed by atoms with Crippen LogP contribution in [0.4, 0.5) is 20.2 Å². The van der Waals surface area contributed by atoms with Crippen molar-refractivity contribution >= 4 is 21.2 Å². The summed E-state index contributed by atoms with van der Waals surface area (Å²) < 4.78 is 49.4. The number of alkyl halides is 2. The Balaban J connectivity index is 2.21. The first-order valence-corrected chi connectivity index (χ1v) is 7.89. The second-order valence-electron chi connectivity index (χ2n) is 4.44. The molecule has 11 heteroatoms. The molecular formula is C12H12F2N4O4S. The van der Waals surface area contributed by atoms with E-state index in [1.54, 1.807) is 23.1 Å². The van der Waals surface area contributed by atoms with Crippen LogP contribution in [-0.4, -0.2) is 35.4 Å². The third-order valence-corrected chi connectivity index (χ3v) is 4.32. The van der Waals surface area contributed by atoms with E-state index >= 15 is 0 Å². The molecule has 0 unspecified atom stereocenters. The molecule has 8 nitrogen and oxygen atoms in total. The van der Waals surface area contributed by atoms with Crippen LogP contribution >= 0.6 is 0 Å². The maximum atomic E-state index is 12.5. The van der Waals surface area contributed by atoms with Gasteiger partial charge in [-0.1, -0.05) is 0 Å². The van der Waals surface area contributed by atoms with Crippen LogP contribution in [0.5, 0.6) is 0 Å². The maximum Gasteiger partial charge on any atom is 0.341 e. The van der Waals surface area contributed by atoms with Crippen LogP contribution in [0, 0.1) is 10.1 Å². The number of benzene rings is 1. The summed E-state index contributed by atoms with van der Waals surface area (Å²) in [4.78, 5) is 9.40. The van der Waals surface area contributed by atoms with Crippen LogP contribution in [0.15, 0.2) is 41.6 Å². The van der Waals surface area contributed by atoms with Gasteiger partial charge in [-0.2, -0.15) is 13.9 Å². The van der Waals surface area contributed by atoms with Gasteiger partial charge < -0.3 is 5.32 Å². The molecule has 0 atom stereocenters. The molecule has 0 saturated carbocycles. The molecule has 2 rings (SSSR count). The number of aromatic nitrogens is 2. The molecule has 124 valence electrons. The number of nitrogens with one attached hydrogen (secondary N) is 1. The number of nitrogens with zero attached hydrogens (tertiary/aromatic N) is 3. The number of nitro benzene ring substituents is 1. The Labute approximate surface area is 129 Å². The van der Waals surface area contributed by atoms with E-state index in [0.717, 1.165) is 12.1 Å². The van der Waals surface area contributed by atoms with Crippen molar-refractivity contribution in [2.75, 3.05) is 11.9 Å². The largest absolute Gasteiger partial charge is 0.378 e. The van der Waals surface area contributed by atoms with Crippen molar-refractivity contribution in [2.24, 2.45) is 0 Å². The molecule has 1 heterocycles. The van der Waals surface area contributed by atoms with Crippen LogP contribution in [-0.2, 0) is 16.4 Å². The number of hydrogen-bond acceptors (Lipinski definition) is 6. The zero-order chi connectivity index (χ0) is 17.0. The molecular weight excluding hydrogens is 334 g/mol. The number of nitro groups is 1. The van der Waals surface area contributed by atoms with Gasteiger partial charge in [0, 0.05) is 25.0 Å². The van der Waals surface area contributed by atoms with Crippen molar-refractivity contribution in [1.29, 1.82) is 0 Å². The van der Waals surface area contributed by atoms with Gasteiger partial charge in [0.25, 0.3) is 5.69 Å². The monoisotopic (exact) mass is 346 g/mol. The Morgan fingerprint density at radius 3 is 2.70 bits per heavy atom. The predicted molar refractivity (Wildman–Crippen MR) is 77.0 cm³/mol. The van der Waals surface area contributed by atoms with Crippen molar-refractivity contribution in [3.8, 4) is 0 Å². The Morgan fingerprint density at radius 1 is 1.39 bits per heavy atom. The molecule has 2 aromatic rings. The zero-order valence-electron chi connectivity index (χ0n) is 11.6. The number of halogens is 2. The summed E-state index contributed by atoms with van der Waals surface area (Å²) in [6, 6.07) is 4.34. The summed E-state index contributed by atoms with van der Waals surface area (Å²) in [5.74, 6) is -3.64. The van der Waals surface area contributed by atoms with Crippen LogP contribution in [0.3, 0.4) is 0 Å². The molecule has 0 spiro atoms. The Hall–Kier alpha value is -2.56. The lowest BCUT2D eigenvalue weighted by Gasteiger charge is -2.09. The van der Waals surface area contributed by atoms with Gasteiger partial charge in [0.05, 0.1) is 16.4 Å². The van der Waals surface area contributed by atoms with E-state index in [1.165, 1.54) is 0 Å². The molecule has 0 bridgehead atoms. The molecule has 1 aromatic carbocycles. The fourth-order valence-corrected chi connectivity index (χ4v) is 2.57. The third-order valence-electron chi connectivity index (χ3n) is 2.94. The first-order valence-electron chi connectivity index (χ1n) is 6.34. The van der Waals surface area contributed by atoms with Crippen molar-refractivity contribution in [3.63, 3.8) is 0 Å². The highest BCUT2D eigenvalue weighted by Crippen LogP contribution is 2.29. The van der Waals surface area contributed by atoms with Crippen molar-refractivity contribution < 1.29 is 22.1 Å². The summed E-state index contributed by atoms with van der Waals surface area (Å²) in [5, 5.41) is 17.7. The molecule has 1 aromatic heterocycles. The van der Waals surface area contributed by atoms with Gasteiger partial charge in [-0.15, -0.1) is 0 Å². The van der Waals surface area contributed by atoms with Gasteiger partial charge in [0.15, 0.2) is 0 Å². The molecule has 23 heavy (non-hydrogen) atoms. The average molecular weight is 346 g/mol. The van der Waals surface area contributed by atoms with Crippen molar-refractivity contribution in [2.45, 2.75) is 17.2 Å². The Bertz CT molecular complexity index is 793. The van der Waals surface area contributed by atoms with Crippen LogP contribution < -0.4 is 5.32 Å². The third kappa shape index (κ3) is 3.80. The molecule has 1 N–H and O–H groups in total. The number of hydrogen-bond donors (Lipinski definition) is 1. The summed E-state index contributed by atoms with van der Waals surface area (Å²) in [6.07, 6.45) is 3.28. The molecule has 0 saturated heterocycles. The van der Waals surface area contributed by atoms with Crippen molar-refractivity contribution in [1.82, 2.24) is 9.78 Å². The van der Waals surface area contributed by atoms with Gasteiger partial charge in [0.2, 0.25) is 9.84 Å². The summed E-state index contributed by atoms with van der Waals surface area (Å²) >= 11 is 0. The highest BCUT2D eigenvalue weighted by molar-refractivity contribution is 7.91. The topological polar surface area (TPSA) is 107 Å². The molecule has 0 amide bonds. The SMILES string of the molecule is O=[N+]([O-])c1cc(S(=O)(=O)C(F)F)ccc1NCCn1cccn1. The molecule has 0 aliphatic rings. The smallest absolute Gasteiger partial charge is 0.341 e. The van der Waals surface area contributed by atoms with E-state index in [0.29, 0.717) is 12.6 Å². The number of rotatable bonds is 7. The minimum absolute atomic E-state index is 0.0374. The fourth-order valence-electron chi connectivity index (χ4n) is 1.83. The number of sulfone groups is 1. The standard InChI is InChI=1S/C12H12F2N4O4S/c13-12(14)23(21,22)9-2-3-10(11(8-9)18(19)20)15-5-7-17-6-1-4-16-17/h1-4,6,8,12,15H,5,7H2. The Morgan fingerprint density at radius 2 is 2.13 bits per heavy atom. The fraction of sp³-hybridized carbons (Fsp3) is 0.250. The van der Waals surface area contributed by atoms with Crippen molar-refractivity contribution in [3.05, 3.63) is 46.8 Å². The normalized spacial score (nSPS) is 11.6. The van der Waals surface area contributed by atoms with Crippen LogP contribution in [0.25, 0.3) is 0 Å². The summed E-state index contributed by atoms with van der Waals surface area (Å²) in [7, 11) is -4.89. The Kier molecular flexibility index (Phi) is 4.89. The highest BCUT2D eigenvalue weighted by atomic mass is 32.2. The van der Waals surface area contributed by atoms with Crippen LogP contribution in [0.2, 0.25) is 0 Å². The molecule has 0 aliphatic heterocycles. The second-order valence-corrected chi connectivity index (χ2v) is 6.36. The van der Waals surface area contributed by atoms with E-state index in [4.69, 9.17) is 0 Å². The van der Waals surface area contributed by atoms with E-state index < -0.39 is 31.1 Å². The lowest BCUT2D eigenvalue weighted by molar-refractivity contribution is -0.384. The van der Waals surface area contributed by atoms with Gasteiger partial charge in [0.1, 0.15) is 5.69 Å². The average Bonchev–Trinajstić information content (AvgIpc) is 3.00. The first kappa shape index (κ1) is 16.8. The van der Waals surface area contributed by atoms with E-state index in [1.807, 2.05) is 0 Å². The van der Waals surface area contributed by atoms with Gasteiger partial charge >= 0.3 is 5.76 Å². The minimum Gasteiger partial charge on any atom is -0.378 e. The second kappa shape index (κ2) is 6.69. The summed E-state index contributed by atoms with van der Waals surface area (Å²) in [5.41, 5.74) is -0.553. The zero-order valence-corrected chi connectivity index (χ0v) is 12.4. The van der Waals surface area contributed by atoms with E-state index in [-0.39, 0.29) is 12.2 Å². The highest BCUT2D eigenvalue weighted by Gasteiger charge is 2.29. The van der Waals surface area contributed by atoms with Gasteiger partial charge in [-0.25, -0.2) is 8.42 Å². The minimum atomic E-state index is -4.89. The lowest BCUT2D eigenvalue weighted by atomic mass is 10.2. The van der Waals surface area contributed by atoms with Gasteiger partial charge in [-0.05, 0) is 18.2 Å².